The van der Waals surface area contributed by atoms with Gasteiger partial charge in [-0.05, 0) is 53.2 Å². The second kappa shape index (κ2) is 6.41. The molecule has 2 aromatic rings. The minimum atomic E-state index is -0.142. The van der Waals surface area contributed by atoms with Gasteiger partial charge in [0.15, 0.2) is 0 Å². The molecule has 0 spiro atoms. The number of nitrogens with one attached hydrogen (secondary N) is 2. The van der Waals surface area contributed by atoms with Gasteiger partial charge in [-0.25, -0.2) is 0 Å². The molecule has 0 bridgehead atoms. The van der Waals surface area contributed by atoms with Crippen molar-refractivity contribution in [1.29, 1.82) is 0 Å². The average molecular weight is 398 g/mol. The van der Waals surface area contributed by atoms with Gasteiger partial charge in [0, 0.05) is 21.7 Å². The lowest BCUT2D eigenvalue weighted by atomic mass is 10.1. The standard InChI is InChI=1S/C15H14Br2N2O/c1-9-3-6-13(18-2)11(7-9)15(20)19-14-8-10(16)4-5-12(14)17/h3-8,18H,1-2H3,(H,19,20). The number of amides is 1. The zero-order valence-corrected chi connectivity index (χ0v) is 14.3. The molecule has 0 heterocycles. The third kappa shape index (κ3) is 3.41. The van der Waals surface area contributed by atoms with Crippen molar-refractivity contribution in [3.63, 3.8) is 0 Å². The minimum Gasteiger partial charge on any atom is -0.387 e. The molecule has 0 aliphatic rings. The van der Waals surface area contributed by atoms with Crippen molar-refractivity contribution in [1.82, 2.24) is 0 Å². The van der Waals surface area contributed by atoms with Gasteiger partial charge in [-0.2, -0.15) is 0 Å². The number of carbonyl (C=O) groups is 1. The van der Waals surface area contributed by atoms with Crippen molar-refractivity contribution in [3.8, 4) is 0 Å². The summed E-state index contributed by atoms with van der Waals surface area (Å²) in [4.78, 5) is 12.4. The molecule has 0 saturated carbocycles. The molecule has 20 heavy (non-hydrogen) atoms. The highest BCUT2D eigenvalue weighted by atomic mass is 79.9. The van der Waals surface area contributed by atoms with Crippen molar-refractivity contribution in [2.24, 2.45) is 0 Å². The number of aryl methyl sites for hydroxylation is 1. The van der Waals surface area contributed by atoms with E-state index in [-0.39, 0.29) is 5.91 Å². The van der Waals surface area contributed by atoms with Crippen LogP contribution in [0.2, 0.25) is 0 Å². The lowest BCUT2D eigenvalue weighted by Gasteiger charge is -2.12. The molecule has 3 nitrogen and oxygen atoms in total. The Morgan fingerprint density at radius 3 is 2.50 bits per heavy atom. The molecule has 1 amide bonds. The fraction of sp³-hybridized carbons (Fsp3) is 0.133. The molecule has 104 valence electrons. The van der Waals surface area contributed by atoms with Crippen LogP contribution in [0.15, 0.2) is 45.3 Å². The van der Waals surface area contributed by atoms with E-state index in [4.69, 9.17) is 0 Å². The summed E-state index contributed by atoms with van der Waals surface area (Å²) in [5.74, 6) is -0.142. The molecular formula is C15H14Br2N2O. The fourth-order valence-electron chi connectivity index (χ4n) is 1.85. The summed E-state index contributed by atoms with van der Waals surface area (Å²) < 4.78 is 1.75. The number of halogens is 2. The van der Waals surface area contributed by atoms with E-state index in [1.165, 1.54) is 0 Å². The van der Waals surface area contributed by atoms with Gasteiger partial charge in [0.2, 0.25) is 0 Å². The van der Waals surface area contributed by atoms with Crippen molar-refractivity contribution in [2.75, 3.05) is 17.7 Å². The number of carbonyl (C=O) groups excluding carboxylic acids is 1. The van der Waals surface area contributed by atoms with Gasteiger partial charge in [-0.1, -0.05) is 27.6 Å². The Balaban J connectivity index is 2.32. The van der Waals surface area contributed by atoms with E-state index in [9.17, 15) is 4.79 Å². The van der Waals surface area contributed by atoms with Crippen LogP contribution in [-0.4, -0.2) is 13.0 Å². The highest BCUT2D eigenvalue weighted by molar-refractivity contribution is 9.11. The van der Waals surface area contributed by atoms with Crippen LogP contribution < -0.4 is 10.6 Å². The normalized spacial score (nSPS) is 10.2. The zero-order chi connectivity index (χ0) is 14.7. The first-order valence-electron chi connectivity index (χ1n) is 6.06. The van der Waals surface area contributed by atoms with Crippen LogP contribution in [0.25, 0.3) is 0 Å². The molecule has 0 unspecified atom stereocenters. The Morgan fingerprint density at radius 2 is 1.80 bits per heavy atom. The molecule has 0 saturated heterocycles. The molecule has 2 N–H and O–H groups in total. The number of anilines is 2. The van der Waals surface area contributed by atoms with E-state index < -0.39 is 0 Å². The van der Waals surface area contributed by atoms with Crippen LogP contribution in [0.5, 0.6) is 0 Å². The summed E-state index contributed by atoms with van der Waals surface area (Å²) in [6, 6.07) is 11.4. The number of hydrogen-bond acceptors (Lipinski definition) is 2. The molecule has 0 aliphatic carbocycles. The topological polar surface area (TPSA) is 41.1 Å². The quantitative estimate of drug-likeness (QED) is 0.779. The van der Waals surface area contributed by atoms with E-state index in [1.807, 2.05) is 43.3 Å². The van der Waals surface area contributed by atoms with E-state index >= 15 is 0 Å². The SMILES string of the molecule is CNc1ccc(C)cc1C(=O)Nc1cc(Br)ccc1Br. The van der Waals surface area contributed by atoms with Gasteiger partial charge in [-0.15, -0.1) is 0 Å². The second-order valence-electron chi connectivity index (χ2n) is 4.38. The Kier molecular flexibility index (Phi) is 4.83. The van der Waals surface area contributed by atoms with Gasteiger partial charge in [0.1, 0.15) is 0 Å². The predicted octanol–water partition coefficient (Wildman–Crippen LogP) is 4.81. The number of rotatable bonds is 3. The summed E-state index contributed by atoms with van der Waals surface area (Å²) in [5.41, 5.74) is 3.20. The maximum absolute atomic E-state index is 12.4. The predicted molar refractivity (Wildman–Crippen MR) is 90.5 cm³/mol. The van der Waals surface area contributed by atoms with E-state index in [2.05, 4.69) is 42.5 Å². The van der Waals surface area contributed by atoms with Gasteiger partial charge >= 0.3 is 0 Å². The van der Waals surface area contributed by atoms with Crippen LogP contribution >= 0.6 is 31.9 Å². The highest BCUT2D eigenvalue weighted by Gasteiger charge is 2.12. The maximum Gasteiger partial charge on any atom is 0.257 e. The van der Waals surface area contributed by atoms with Crippen molar-refractivity contribution < 1.29 is 4.79 Å². The summed E-state index contributed by atoms with van der Waals surface area (Å²) in [6.07, 6.45) is 0. The first-order valence-corrected chi connectivity index (χ1v) is 7.64. The zero-order valence-electron chi connectivity index (χ0n) is 11.1. The minimum absolute atomic E-state index is 0.142. The molecule has 2 rings (SSSR count). The van der Waals surface area contributed by atoms with Gasteiger partial charge in [0.25, 0.3) is 5.91 Å². The maximum atomic E-state index is 12.4. The van der Waals surface area contributed by atoms with Crippen molar-refractivity contribution >= 4 is 49.1 Å². The molecule has 0 radical (unpaired) electrons. The first kappa shape index (κ1) is 15.1. The van der Waals surface area contributed by atoms with Crippen LogP contribution in [0.4, 0.5) is 11.4 Å². The van der Waals surface area contributed by atoms with Crippen molar-refractivity contribution in [2.45, 2.75) is 6.92 Å². The Labute approximate surface area is 135 Å². The molecule has 0 atom stereocenters. The van der Waals surface area contributed by atoms with Crippen LogP contribution in [0.1, 0.15) is 15.9 Å². The van der Waals surface area contributed by atoms with Gasteiger partial charge in [-0.3, -0.25) is 4.79 Å². The smallest absolute Gasteiger partial charge is 0.257 e. The Bertz CT molecular complexity index is 656. The van der Waals surface area contributed by atoms with E-state index in [0.717, 1.165) is 25.9 Å². The molecule has 0 aliphatic heterocycles. The van der Waals surface area contributed by atoms with E-state index in [1.54, 1.807) is 7.05 Å². The first-order chi connectivity index (χ1) is 9.51. The summed E-state index contributed by atoms with van der Waals surface area (Å²) >= 11 is 6.83. The fourth-order valence-corrected chi connectivity index (χ4v) is 2.55. The van der Waals surface area contributed by atoms with Crippen molar-refractivity contribution in [3.05, 3.63) is 56.5 Å². The largest absolute Gasteiger partial charge is 0.387 e. The lowest BCUT2D eigenvalue weighted by molar-refractivity contribution is 0.102. The number of benzene rings is 2. The summed E-state index contributed by atoms with van der Waals surface area (Å²) in [7, 11) is 1.80. The van der Waals surface area contributed by atoms with Gasteiger partial charge < -0.3 is 10.6 Å². The Hall–Kier alpha value is -1.33. The number of hydrogen-bond donors (Lipinski definition) is 2. The third-order valence-corrected chi connectivity index (χ3v) is 4.05. The molecule has 2 aromatic carbocycles. The Morgan fingerprint density at radius 1 is 1.05 bits per heavy atom. The molecule has 5 heteroatoms. The second-order valence-corrected chi connectivity index (χ2v) is 6.15. The molecule has 0 fully saturated rings. The van der Waals surface area contributed by atoms with E-state index in [0.29, 0.717) is 5.56 Å². The monoisotopic (exact) mass is 396 g/mol. The van der Waals surface area contributed by atoms with Crippen LogP contribution in [0.3, 0.4) is 0 Å². The van der Waals surface area contributed by atoms with Crippen LogP contribution in [-0.2, 0) is 0 Å². The summed E-state index contributed by atoms with van der Waals surface area (Å²) in [5, 5.41) is 5.95. The third-order valence-electron chi connectivity index (χ3n) is 2.87. The molecular weight excluding hydrogens is 384 g/mol. The summed E-state index contributed by atoms with van der Waals surface area (Å²) in [6.45, 7) is 1.96. The van der Waals surface area contributed by atoms with Crippen LogP contribution in [0, 0.1) is 6.92 Å². The highest BCUT2D eigenvalue weighted by Crippen LogP contribution is 2.27. The lowest BCUT2D eigenvalue weighted by Crippen LogP contribution is -2.14. The van der Waals surface area contributed by atoms with Gasteiger partial charge in [0.05, 0.1) is 11.3 Å². The molecule has 0 aromatic heterocycles. The average Bonchev–Trinajstić information content (AvgIpc) is 2.42.